The third-order valence-electron chi connectivity index (χ3n) is 4.16. The number of hydrogen-bond donors (Lipinski definition) is 3. The number of aromatic nitrogens is 1. The molecular weight excluding hydrogens is 348 g/mol. The molecule has 1 fully saturated rings. The molecule has 3 N–H and O–H groups in total. The van der Waals surface area contributed by atoms with Gasteiger partial charge in [0.2, 0.25) is 0 Å². The molecule has 2 atom stereocenters. The van der Waals surface area contributed by atoms with Crippen LogP contribution in [0.2, 0.25) is 0 Å². The number of fused-ring (bicyclic) bond motifs is 1. The minimum Gasteiger partial charge on any atom is -0.391 e. The van der Waals surface area contributed by atoms with E-state index in [2.05, 4.69) is 21.2 Å². The van der Waals surface area contributed by atoms with Gasteiger partial charge in [0.25, 0.3) is 5.52 Å². The number of rotatable bonds is 2. The van der Waals surface area contributed by atoms with Crippen molar-refractivity contribution < 1.29 is 19.8 Å². The lowest BCUT2D eigenvalue weighted by Crippen LogP contribution is -2.49. The van der Waals surface area contributed by atoms with Gasteiger partial charge in [-0.05, 0) is 34.8 Å². The Hall–Kier alpha value is -1.66. The lowest BCUT2D eigenvalue weighted by Gasteiger charge is -2.27. The number of para-hydroxylation sites is 1. The summed E-state index contributed by atoms with van der Waals surface area (Å²) < 4.78 is 1.63. The van der Waals surface area contributed by atoms with E-state index in [1.54, 1.807) is 18.2 Å². The number of pyridine rings is 1. The van der Waals surface area contributed by atoms with Gasteiger partial charge >= 0.3 is 11.6 Å². The number of aliphatic hydroxyl groups excluding tert-OH is 1. The minimum atomic E-state index is -0.520. The van der Waals surface area contributed by atoms with Gasteiger partial charge in [0.1, 0.15) is 0 Å². The van der Waals surface area contributed by atoms with E-state index in [1.165, 1.54) is 0 Å². The summed E-state index contributed by atoms with van der Waals surface area (Å²) in [6.45, 7) is 0. The van der Waals surface area contributed by atoms with Crippen molar-refractivity contribution in [1.82, 2.24) is 5.32 Å². The second-order valence-electron chi connectivity index (χ2n) is 5.64. The first kappa shape index (κ1) is 15.2. The van der Waals surface area contributed by atoms with Gasteiger partial charge in [-0.1, -0.05) is 25.0 Å². The van der Waals surface area contributed by atoms with Crippen LogP contribution in [0.1, 0.15) is 36.2 Å². The lowest BCUT2D eigenvalue weighted by molar-refractivity contribution is -0.885. The molecule has 1 aliphatic rings. The predicted molar refractivity (Wildman–Crippen MR) is 84.8 cm³/mol. The van der Waals surface area contributed by atoms with Crippen molar-refractivity contribution in [2.75, 3.05) is 0 Å². The Morgan fingerprint density at radius 3 is 2.77 bits per heavy atom. The van der Waals surface area contributed by atoms with E-state index in [-0.39, 0.29) is 17.6 Å². The Kier molecular flexibility index (Phi) is 4.31. The van der Waals surface area contributed by atoms with Crippen LogP contribution in [0.3, 0.4) is 0 Å². The molecule has 1 aromatic heterocycles. The molecule has 0 saturated heterocycles. The molecule has 1 aliphatic carbocycles. The van der Waals surface area contributed by atoms with Crippen LogP contribution in [0.15, 0.2) is 34.8 Å². The van der Waals surface area contributed by atoms with Crippen LogP contribution < -0.4 is 10.0 Å². The maximum absolute atomic E-state index is 12.5. The average molecular weight is 366 g/mol. The van der Waals surface area contributed by atoms with Crippen molar-refractivity contribution in [3.8, 4) is 0 Å². The summed E-state index contributed by atoms with van der Waals surface area (Å²) in [6, 6.07) is 8.60. The van der Waals surface area contributed by atoms with Crippen molar-refractivity contribution in [2.45, 2.75) is 37.8 Å². The first-order chi connectivity index (χ1) is 10.6. The summed E-state index contributed by atoms with van der Waals surface area (Å²) in [4.78, 5) is 12.5. The van der Waals surface area contributed by atoms with Crippen molar-refractivity contribution in [2.24, 2.45) is 0 Å². The van der Waals surface area contributed by atoms with Crippen LogP contribution in [-0.4, -0.2) is 28.4 Å². The van der Waals surface area contributed by atoms with E-state index in [1.807, 2.05) is 12.1 Å². The van der Waals surface area contributed by atoms with Gasteiger partial charge in [-0.3, -0.25) is 10.0 Å². The molecule has 1 saturated carbocycles. The highest BCUT2D eigenvalue weighted by atomic mass is 79.9. The molecule has 0 unspecified atom stereocenters. The number of nitrogens with one attached hydrogen (secondary N) is 1. The lowest BCUT2D eigenvalue weighted by atomic mass is 9.92. The van der Waals surface area contributed by atoms with Crippen LogP contribution in [0, 0.1) is 0 Å². The summed E-state index contributed by atoms with van der Waals surface area (Å²) in [5.41, 5.74) is 0.689. The van der Waals surface area contributed by atoms with E-state index >= 15 is 0 Å². The third-order valence-corrected chi connectivity index (χ3v) is 4.82. The molecule has 1 amide bonds. The molecule has 0 bridgehead atoms. The maximum Gasteiger partial charge on any atom is 0.323 e. The van der Waals surface area contributed by atoms with Crippen molar-refractivity contribution >= 4 is 32.7 Å². The fourth-order valence-electron chi connectivity index (χ4n) is 2.93. The molecule has 2 aromatic rings. The molecule has 5 nitrogen and oxygen atoms in total. The van der Waals surface area contributed by atoms with Crippen LogP contribution in [-0.2, 0) is 0 Å². The summed E-state index contributed by atoms with van der Waals surface area (Å²) >= 11 is 3.43. The van der Waals surface area contributed by atoms with Gasteiger partial charge in [0.05, 0.1) is 17.5 Å². The summed E-state index contributed by atoms with van der Waals surface area (Å²) in [6.07, 6.45) is 2.91. The molecule has 0 aliphatic heterocycles. The zero-order valence-electron chi connectivity index (χ0n) is 12.0. The maximum atomic E-state index is 12.5. The topological polar surface area (TPSA) is 73.4 Å². The fourth-order valence-corrected chi connectivity index (χ4v) is 3.48. The number of carbonyl (C=O) groups is 1. The number of amides is 1. The monoisotopic (exact) mass is 365 g/mol. The van der Waals surface area contributed by atoms with Gasteiger partial charge in [0.15, 0.2) is 0 Å². The molecule has 1 heterocycles. The zero-order valence-corrected chi connectivity index (χ0v) is 13.6. The molecule has 116 valence electrons. The van der Waals surface area contributed by atoms with Crippen LogP contribution in [0.5, 0.6) is 0 Å². The van der Waals surface area contributed by atoms with E-state index in [4.69, 9.17) is 0 Å². The average Bonchev–Trinajstić information content (AvgIpc) is 2.53. The van der Waals surface area contributed by atoms with E-state index in [0.717, 1.165) is 33.9 Å². The highest BCUT2D eigenvalue weighted by Gasteiger charge is 2.30. The minimum absolute atomic E-state index is 0.142. The molecule has 6 heteroatoms. The van der Waals surface area contributed by atoms with Gasteiger partial charge in [-0.15, -0.1) is 0 Å². The second kappa shape index (κ2) is 6.22. The number of nitrogens with zero attached hydrogens (tertiary/aromatic N) is 1. The Morgan fingerprint density at radius 2 is 2.00 bits per heavy atom. The van der Waals surface area contributed by atoms with E-state index in [0.29, 0.717) is 11.9 Å². The van der Waals surface area contributed by atoms with Crippen LogP contribution in [0.4, 0.5) is 0 Å². The van der Waals surface area contributed by atoms with Crippen LogP contribution in [0.25, 0.3) is 10.9 Å². The number of hydrogen-bond acceptors (Lipinski definition) is 3. The van der Waals surface area contributed by atoms with Gasteiger partial charge in [-0.2, -0.15) is 0 Å². The highest BCUT2D eigenvalue weighted by Crippen LogP contribution is 2.23. The van der Waals surface area contributed by atoms with Crippen LogP contribution >= 0.6 is 15.9 Å². The largest absolute Gasteiger partial charge is 0.391 e. The van der Waals surface area contributed by atoms with Crippen molar-refractivity contribution in [1.29, 1.82) is 0 Å². The highest BCUT2D eigenvalue weighted by molar-refractivity contribution is 9.10. The van der Waals surface area contributed by atoms with Gasteiger partial charge in [0, 0.05) is 21.3 Å². The Labute approximate surface area is 136 Å². The predicted octanol–water partition coefficient (Wildman–Crippen LogP) is 2.16. The first-order valence-electron chi connectivity index (χ1n) is 7.39. The summed E-state index contributed by atoms with van der Waals surface area (Å²) in [7, 11) is 0. The Morgan fingerprint density at radius 1 is 1.27 bits per heavy atom. The SMILES string of the molecule is O=C(N[C@H]1CCCC[C@@H]1O)c1cc(Br)c2ccccc2[n+]1O. The summed E-state index contributed by atoms with van der Waals surface area (Å²) in [5, 5.41) is 23.9. The molecule has 22 heavy (non-hydrogen) atoms. The number of aliphatic hydroxyl groups is 1. The third kappa shape index (κ3) is 2.80. The van der Waals surface area contributed by atoms with E-state index < -0.39 is 6.10 Å². The van der Waals surface area contributed by atoms with Crippen molar-refractivity contribution in [3.63, 3.8) is 0 Å². The van der Waals surface area contributed by atoms with Crippen molar-refractivity contribution in [3.05, 3.63) is 40.5 Å². The smallest absolute Gasteiger partial charge is 0.323 e. The molecule has 1 aromatic carbocycles. The quantitative estimate of drug-likeness (QED) is 0.563. The fraction of sp³-hybridized carbons (Fsp3) is 0.375. The molecule has 3 rings (SSSR count). The Balaban J connectivity index is 1.92. The normalized spacial score (nSPS) is 21.7. The van der Waals surface area contributed by atoms with E-state index in [9.17, 15) is 15.1 Å². The van der Waals surface area contributed by atoms with Gasteiger partial charge in [-0.25, -0.2) is 0 Å². The summed E-state index contributed by atoms with van der Waals surface area (Å²) in [5.74, 6) is -0.389. The Bertz CT molecular complexity index is 720. The number of benzene rings is 1. The van der Waals surface area contributed by atoms with Gasteiger partial charge < -0.3 is 10.4 Å². The standard InChI is InChI=1S/C16H17BrN2O3/c17-11-9-14(19(22)13-7-3-1-5-10(11)13)16(21)18-12-6-2-4-8-15(12)20/h1,3,5,7,9,12,15,20H,2,4,6,8H2,(H-,18,21,22)/p+1/t12-,15-/m0/s1. The first-order valence-corrected chi connectivity index (χ1v) is 8.18. The zero-order chi connectivity index (χ0) is 15.7. The number of halogens is 1. The molecule has 0 radical (unpaired) electrons. The second-order valence-corrected chi connectivity index (χ2v) is 6.49. The molecule has 0 spiro atoms. The number of carbonyl (C=O) groups excluding carboxylic acids is 1. The molecular formula is C16H18BrN2O3+.